The third-order valence-electron chi connectivity index (χ3n) is 6.58. The van der Waals surface area contributed by atoms with Gasteiger partial charge < -0.3 is 14.4 Å². The molecule has 2 saturated heterocycles. The van der Waals surface area contributed by atoms with Gasteiger partial charge >= 0.3 is 0 Å². The third kappa shape index (κ3) is 3.65. The molecule has 3 aliphatic rings. The van der Waals surface area contributed by atoms with Crippen LogP contribution in [-0.4, -0.2) is 60.9 Å². The molecule has 4 heterocycles. The Labute approximate surface area is 172 Å². The van der Waals surface area contributed by atoms with Crippen molar-refractivity contribution in [2.24, 2.45) is 0 Å². The first-order chi connectivity index (χ1) is 14.1. The molecule has 1 spiro atoms. The molecular weight excluding hydrogens is 364 g/mol. The first kappa shape index (κ1) is 19.0. The maximum Gasteiger partial charge on any atom is 0.225 e. The van der Waals surface area contributed by atoms with Gasteiger partial charge in [-0.1, -0.05) is 29.8 Å². The fraction of sp³-hybridized carbons (Fsp3) is 0.565. The summed E-state index contributed by atoms with van der Waals surface area (Å²) in [5.41, 5.74) is 6.15. The number of morpholine rings is 1. The zero-order valence-corrected chi connectivity index (χ0v) is 17.5. The van der Waals surface area contributed by atoms with Gasteiger partial charge in [-0.3, -0.25) is 4.90 Å². The second-order valence-electron chi connectivity index (χ2n) is 8.75. The molecule has 2 fully saturated rings. The van der Waals surface area contributed by atoms with E-state index in [0.29, 0.717) is 6.61 Å². The molecule has 1 aromatic carbocycles. The lowest BCUT2D eigenvalue weighted by Crippen LogP contribution is -2.42. The fourth-order valence-electron chi connectivity index (χ4n) is 4.87. The van der Waals surface area contributed by atoms with Gasteiger partial charge in [-0.15, -0.1) is 0 Å². The summed E-state index contributed by atoms with van der Waals surface area (Å²) in [6, 6.07) is 8.89. The largest absolute Gasteiger partial charge is 0.378 e. The number of hydrogen-bond donors (Lipinski definition) is 0. The predicted molar refractivity (Wildman–Crippen MR) is 112 cm³/mol. The van der Waals surface area contributed by atoms with E-state index < -0.39 is 0 Å². The molecule has 154 valence electrons. The number of benzene rings is 1. The molecule has 29 heavy (non-hydrogen) atoms. The minimum atomic E-state index is -0.0208. The quantitative estimate of drug-likeness (QED) is 0.798. The highest BCUT2D eigenvalue weighted by Gasteiger charge is 2.45. The average molecular weight is 395 g/mol. The smallest absolute Gasteiger partial charge is 0.225 e. The average Bonchev–Trinajstić information content (AvgIpc) is 3.14. The van der Waals surface area contributed by atoms with Crippen molar-refractivity contribution in [2.75, 3.05) is 50.9 Å². The van der Waals surface area contributed by atoms with Crippen LogP contribution in [0.1, 0.15) is 34.5 Å². The molecule has 0 bridgehead atoms. The van der Waals surface area contributed by atoms with Crippen LogP contribution in [0.25, 0.3) is 0 Å². The number of ether oxygens (including phenoxy) is 2. The number of nitrogens with zero attached hydrogens (tertiary/aromatic N) is 4. The molecule has 0 radical (unpaired) electrons. The Hall–Kier alpha value is -2.02. The molecule has 3 aliphatic heterocycles. The van der Waals surface area contributed by atoms with Crippen LogP contribution < -0.4 is 4.90 Å². The van der Waals surface area contributed by atoms with Crippen LogP contribution in [0, 0.1) is 13.8 Å². The van der Waals surface area contributed by atoms with Gasteiger partial charge in [-0.05, 0) is 32.4 Å². The summed E-state index contributed by atoms with van der Waals surface area (Å²) in [6.07, 6.45) is 1.09. The molecule has 6 nitrogen and oxygen atoms in total. The van der Waals surface area contributed by atoms with E-state index in [1.807, 2.05) is 0 Å². The van der Waals surface area contributed by atoms with Gasteiger partial charge in [0.05, 0.1) is 37.5 Å². The second kappa shape index (κ2) is 7.67. The SMILES string of the molecule is Cc1ccc(CN2CC[C@@]3(COCc4c(C)nc(N5CCOCC5)nc43)C2)cc1. The number of aromatic nitrogens is 2. The molecule has 0 unspecified atom stereocenters. The summed E-state index contributed by atoms with van der Waals surface area (Å²) in [5.74, 6) is 0.864. The minimum absolute atomic E-state index is 0.0208. The topological polar surface area (TPSA) is 50.7 Å². The van der Waals surface area contributed by atoms with E-state index in [1.165, 1.54) is 22.4 Å². The molecule has 2 aromatic rings. The molecule has 0 saturated carbocycles. The Morgan fingerprint density at radius 2 is 1.79 bits per heavy atom. The lowest BCUT2D eigenvalue weighted by atomic mass is 9.80. The van der Waals surface area contributed by atoms with Crippen LogP contribution in [0.3, 0.4) is 0 Å². The van der Waals surface area contributed by atoms with E-state index in [9.17, 15) is 0 Å². The normalized spacial score (nSPS) is 24.8. The molecular formula is C23H30N4O2. The van der Waals surface area contributed by atoms with Crippen molar-refractivity contribution in [1.29, 1.82) is 0 Å². The van der Waals surface area contributed by atoms with Crippen molar-refractivity contribution in [2.45, 2.75) is 38.8 Å². The Bertz CT molecular complexity index is 879. The van der Waals surface area contributed by atoms with E-state index in [1.54, 1.807) is 0 Å². The van der Waals surface area contributed by atoms with Gasteiger partial charge in [0.2, 0.25) is 5.95 Å². The summed E-state index contributed by atoms with van der Waals surface area (Å²) >= 11 is 0. The van der Waals surface area contributed by atoms with Gasteiger partial charge in [-0.2, -0.15) is 0 Å². The standard InChI is InChI=1S/C23H30N4O2/c1-17-3-5-19(6-4-17)13-26-8-7-23(15-26)16-29-14-20-18(2)24-22(25-21(20)23)27-9-11-28-12-10-27/h3-6H,7-16H2,1-2H3/t23-/m0/s1. The highest BCUT2D eigenvalue weighted by atomic mass is 16.5. The first-order valence-corrected chi connectivity index (χ1v) is 10.7. The highest BCUT2D eigenvalue weighted by Crippen LogP contribution is 2.41. The summed E-state index contributed by atoms with van der Waals surface area (Å²) in [5, 5.41) is 0. The van der Waals surface area contributed by atoms with E-state index in [-0.39, 0.29) is 5.41 Å². The van der Waals surface area contributed by atoms with Crippen molar-refractivity contribution in [1.82, 2.24) is 14.9 Å². The second-order valence-corrected chi connectivity index (χ2v) is 8.75. The molecule has 1 atom stereocenters. The highest BCUT2D eigenvalue weighted by molar-refractivity contribution is 5.42. The van der Waals surface area contributed by atoms with Crippen LogP contribution in [0.5, 0.6) is 0 Å². The zero-order valence-electron chi connectivity index (χ0n) is 17.5. The molecule has 5 rings (SSSR count). The fourth-order valence-corrected chi connectivity index (χ4v) is 4.87. The van der Waals surface area contributed by atoms with Gasteiger partial charge in [0.25, 0.3) is 0 Å². The number of aryl methyl sites for hydroxylation is 2. The van der Waals surface area contributed by atoms with Crippen LogP contribution in [0.4, 0.5) is 5.95 Å². The van der Waals surface area contributed by atoms with Crippen LogP contribution >= 0.6 is 0 Å². The minimum Gasteiger partial charge on any atom is -0.378 e. The Morgan fingerprint density at radius 3 is 2.59 bits per heavy atom. The number of anilines is 1. The van der Waals surface area contributed by atoms with Crippen LogP contribution in [-0.2, 0) is 28.0 Å². The van der Waals surface area contributed by atoms with E-state index >= 15 is 0 Å². The Morgan fingerprint density at radius 1 is 1.00 bits per heavy atom. The number of likely N-dealkylation sites (tertiary alicyclic amines) is 1. The van der Waals surface area contributed by atoms with Crippen molar-refractivity contribution in [3.05, 3.63) is 52.3 Å². The van der Waals surface area contributed by atoms with Crippen LogP contribution in [0.15, 0.2) is 24.3 Å². The first-order valence-electron chi connectivity index (χ1n) is 10.7. The molecule has 0 N–H and O–H groups in total. The summed E-state index contributed by atoms with van der Waals surface area (Å²) in [6.45, 7) is 11.9. The zero-order chi connectivity index (χ0) is 19.8. The van der Waals surface area contributed by atoms with Gasteiger partial charge in [0.15, 0.2) is 0 Å². The van der Waals surface area contributed by atoms with Gasteiger partial charge in [-0.25, -0.2) is 9.97 Å². The summed E-state index contributed by atoms with van der Waals surface area (Å²) in [7, 11) is 0. The van der Waals surface area contributed by atoms with Crippen molar-refractivity contribution >= 4 is 5.95 Å². The van der Waals surface area contributed by atoms with Crippen molar-refractivity contribution < 1.29 is 9.47 Å². The van der Waals surface area contributed by atoms with Crippen LogP contribution in [0.2, 0.25) is 0 Å². The number of rotatable bonds is 3. The lowest BCUT2D eigenvalue weighted by Gasteiger charge is -2.36. The third-order valence-corrected chi connectivity index (χ3v) is 6.58. The monoisotopic (exact) mass is 394 g/mol. The van der Waals surface area contributed by atoms with E-state index in [0.717, 1.165) is 70.6 Å². The lowest BCUT2D eigenvalue weighted by molar-refractivity contribution is 0.0497. The van der Waals surface area contributed by atoms with Crippen molar-refractivity contribution in [3.8, 4) is 0 Å². The Kier molecular flexibility index (Phi) is 5.02. The Balaban J connectivity index is 1.42. The summed E-state index contributed by atoms with van der Waals surface area (Å²) < 4.78 is 11.6. The number of hydrogen-bond acceptors (Lipinski definition) is 6. The van der Waals surface area contributed by atoms with E-state index in [4.69, 9.17) is 19.4 Å². The van der Waals surface area contributed by atoms with Crippen molar-refractivity contribution in [3.63, 3.8) is 0 Å². The molecule has 0 aliphatic carbocycles. The predicted octanol–water partition coefficient (Wildman–Crippen LogP) is 2.60. The maximum absolute atomic E-state index is 6.07. The number of fused-ring (bicyclic) bond motifs is 2. The van der Waals surface area contributed by atoms with Gasteiger partial charge in [0, 0.05) is 37.4 Å². The molecule has 6 heteroatoms. The molecule has 0 amide bonds. The van der Waals surface area contributed by atoms with Gasteiger partial charge in [0.1, 0.15) is 0 Å². The maximum atomic E-state index is 6.07. The molecule has 1 aromatic heterocycles. The van der Waals surface area contributed by atoms with E-state index in [2.05, 4.69) is 47.9 Å². The summed E-state index contributed by atoms with van der Waals surface area (Å²) in [4.78, 5) is 14.8.